The van der Waals surface area contributed by atoms with Crippen molar-refractivity contribution in [3.8, 4) is 0 Å². The maximum atomic E-state index is 12.0. The summed E-state index contributed by atoms with van der Waals surface area (Å²) in [5.74, 6) is -0.350. The number of hydrazone groups is 1. The highest BCUT2D eigenvalue weighted by Crippen LogP contribution is 2.09. The Bertz CT molecular complexity index is 352. The van der Waals surface area contributed by atoms with E-state index in [9.17, 15) is 9.59 Å². The van der Waals surface area contributed by atoms with Gasteiger partial charge in [-0.05, 0) is 0 Å². The third-order valence-corrected chi connectivity index (χ3v) is 2.46. The van der Waals surface area contributed by atoms with Crippen molar-refractivity contribution < 1.29 is 14.7 Å². The molecule has 0 saturated heterocycles. The lowest BCUT2D eigenvalue weighted by molar-refractivity contribution is -0.130. The van der Waals surface area contributed by atoms with E-state index in [1.54, 1.807) is 6.08 Å². The molecule has 1 aliphatic rings. The van der Waals surface area contributed by atoms with E-state index in [-0.39, 0.29) is 25.0 Å². The Morgan fingerprint density at radius 1 is 1.65 bits per heavy atom. The third-order valence-electron chi connectivity index (χ3n) is 2.46. The van der Waals surface area contributed by atoms with Crippen LogP contribution in [0.1, 0.15) is 12.8 Å². The van der Waals surface area contributed by atoms with Crippen molar-refractivity contribution in [3.63, 3.8) is 0 Å². The molecule has 6 nitrogen and oxygen atoms in total. The van der Waals surface area contributed by atoms with Crippen molar-refractivity contribution in [1.29, 1.82) is 0 Å². The highest BCUT2D eigenvalue weighted by molar-refractivity contribution is 6.39. The van der Waals surface area contributed by atoms with E-state index < -0.39 is 0 Å². The molecule has 0 radical (unpaired) electrons. The van der Waals surface area contributed by atoms with E-state index in [0.717, 1.165) is 0 Å². The third kappa shape index (κ3) is 3.39. The molecule has 1 heterocycles. The Labute approximate surface area is 100 Å². The molecule has 94 valence electrons. The summed E-state index contributed by atoms with van der Waals surface area (Å²) >= 11 is 0. The van der Waals surface area contributed by atoms with E-state index in [1.165, 1.54) is 17.0 Å². The standard InChI is InChI=1S/C11H17N3O3/c1-3-6-14(7-8-15)11(17)9-4-5-10(16)13(2)12-9/h3,15H,1,4-8H2,2H3. The zero-order valence-corrected chi connectivity index (χ0v) is 9.93. The Hall–Kier alpha value is -1.69. The molecule has 0 fully saturated rings. The van der Waals surface area contributed by atoms with Gasteiger partial charge in [-0.3, -0.25) is 9.59 Å². The van der Waals surface area contributed by atoms with Gasteiger partial charge in [0.2, 0.25) is 5.91 Å². The molecule has 6 heteroatoms. The quantitative estimate of drug-likeness (QED) is 0.663. The van der Waals surface area contributed by atoms with Crippen LogP contribution in [-0.2, 0) is 9.59 Å². The molecule has 0 saturated carbocycles. The van der Waals surface area contributed by atoms with Crippen LogP contribution >= 0.6 is 0 Å². The van der Waals surface area contributed by atoms with Crippen molar-refractivity contribution in [2.24, 2.45) is 5.10 Å². The lowest BCUT2D eigenvalue weighted by Gasteiger charge is -2.24. The summed E-state index contributed by atoms with van der Waals surface area (Å²) in [5, 5.41) is 14.0. The minimum Gasteiger partial charge on any atom is -0.395 e. The summed E-state index contributed by atoms with van der Waals surface area (Å²) in [6.07, 6.45) is 2.23. The topological polar surface area (TPSA) is 73.2 Å². The van der Waals surface area contributed by atoms with Gasteiger partial charge in [0.15, 0.2) is 0 Å². The number of carbonyl (C=O) groups excluding carboxylic acids is 2. The first kappa shape index (κ1) is 13.4. The molecule has 0 unspecified atom stereocenters. The average molecular weight is 239 g/mol. The molecule has 1 N–H and O–H groups in total. The molecule has 0 atom stereocenters. The minimum absolute atomic E-state index is 0.0982. The van der Waals surface area contributed by atoms with Crippen LogP contribution in [0.3, 0.4) is 0 Å². The Kier molecular flexibility index (Phi) is 4.84. The fraction of sp³-hybridized carbons (Fsp3) is 0.545. The normalized spacial score (nSPS) is 15.5. The lowest BCUT2D eigenvalue weighted by atomic mass is 10.1. The van der Waals surface area contributed by atoms with Crippen LogP contribution < -0.4 is 0 Å². The van der Waals surface area contributed by atoms with Crippen molar-refractivity contribution in [2.45, 2.75) is 12.8 Å². The van der Waals surface area contributed by atoms with Gasteiger partial charge in [-0.15, -0.1) is 6.58 Å². The first-order chi connectivity index (χ1) is 8.10. The molecule has 0 aromatic carbocycles. The van der Waals surface area contributed by atoms with Crippen LogP contribution in [0.15, 0.2) is 17.8 Å². The Morgan fingerprint density at radius 2 is 2.35 bits per heavy atom. The molecule has 0 bridgehead atoms. The van der Waals surface area contributed by atoms with Crippen molar-refractivity contribution in [1.82, 2.24) is 9.91 Å². The number of amides is 2. The summed E-state index contributed by atoms with van der Waals surface area (Å²) < 4.78 is 0. The van der Waals surface area contributed by atoms with Gasteiger partial charge in [-0.1, -0.05) is 6.08 Å². The van der Waals surface area contributed by atoms with E-state index in [4.69, 9.17) is 5.11 Å². The number of hydrogen-bond donors (Lipinski definition) is 1. The van der Waals surface area contributed by atoms with Crippen LogP contribution in [0, 0.1) is 0 Å². The average Bonchev–Trinajstić information content (AvgIpc) is 2.31. The van der Waals surface area contributed by atoms with Crippen molar-refractivity contribution >= 4 is 17.5 Å². The van der Waals surface area contributed by atoms with Crippen LogP contribution in [0.2, 0.25) is 0 Å². The molecule has 0 aliphatic carbocycles. The predicted octanol–water partition coefficient (Wildman–Crippen LogP) is -0.399. The Morgan fingerprint density at radius 3 is 2.88 bits per heavy atom. The zero-order chi connectivity index (χ0) is 12.8. The van der Waals surface area contributed by atoms with E-state index in [1.807, 2.05) is 0 Å². The number of hydrogen-bond acceptors (Lipinski definition) is 4. The maximum absolute atomic E-state index is 12.0. The van der Waals surface area contributed by atoms with Crippen LogP contribution in [0.4, 0.5) is 0 Å². The second kappa shape index (κ2) is 6.15. The van der Waals surface area contributed by atoms with Gasteiger partial charge in [-0.25, -0.2) is 5.01 Å². The van der Waals surface area contributed by atoms with Gasteiger partial charge in [0, 0.05) is 33.0 Å². The SMILES string of the molecule is C=CCN(CCO)C(=O)C1=NN(C)C(=O)CC1. The van der Waals surface area contributed by atoms with Crippen LogP contribution in [0.25, 0.3) is 0 Å². The lowest BCUT2D eigenvalue weighted by Crippen LogP contribution is -2.41. The van der Waals surface area contributed by atoms with Gasteiger partial charge < -0.3 is 10.0 Å². The molecule has 17 heavy (non-hydrogen) atoms. The summed E-state index contributed by atoms with van der Waals surface area (Å²) in [7, 11) is 1.53. The highest BCUT2D eigenvalue weighted by Gasteiger charge is 2.25. The molecule has 0 spiro atoms. The molecular formula is C11H17N3O3. The van der Waals surface area contributed by atoms with E-state index in [0.29, 0.717) is 25.1 Å². The zero-order valence-electron chi connectivity index (χ0n) is 9.93. The number of nitrogens with zero attached hydrogens (tertiary/aromatic N) is 3. The number of aliphatic hydroxyl groups is 1. The molecule has 2 amide bonds. The second-order valence-corrected chi connectivity index (χ2v) is 3.73. The first-order valence-electron chi connectivity index (χ1n) is 5.45. The number of carbonyl (C=O) groups is 2. The molecule has 0 aromatic rings. The van der Waals surface area contributed by atoms with Crippen LogP contribution in [-0.4, -0.2) is 59.3 Å². The van der Waals surface area contributed by atoms with Gasteiger partial charge in [0.25, 0.3) is 5.91 Å². The minimum atomic E-state index is -0.252. The van der Waals surface area contributed by atoms with Gasteiger partial charge in [-0.2, -0.15) is 5.10 Å². The molecular weight excluding hydrogens is 222 g/mol. The highest BCUT2D eigenvalue weighted by atomic mass is 16.3. The van der Waals surface area contributed by atoms with E-state index >= 15 is 0 Å². The summed E-state index contributed by atoms with van der Waals surface area (Å²) in [5.41, 5.74) is 0.349. The van der Waals surface area contributed by atoms with Crippen LogP contribution in [0.5, 0.6) is 0 Å². The monoisotopic (exact) mass is 239 g/mol. The van der Waals surface area contributed by atoms with Crippen molar-refractivity contribution in [2.75, 3.05) is 26.7 Å². The summed E-state index contributed by atoms with van der Waals surface area (Å²) in [4.78, 5) is 24.7. The smallest absolute Gasteiger partial charge is 0.270 e. The fourth-order valence-electron chi connectivity index (χ4n) is 1.56. The fourth-order valence-corrected chi connectivity index (χ4v) is 1.56. The summed E-state index contributed by atoms with van der Waals surface area (Å²) in [6, 6.07) is 0. The largest absolute Gasteiger partial charge is 0.395 e. The van der Waals surface area contributed by atoms with Gasteiger partial charge in [0.1, 0.15) is 5.71 Å². The molecule has 0 aromatic heterocycles. The Balaban J connectivity index is 2.76. The van der Waals surface area contributed by atoms with Gasteiger partial charge in [0.05, 0.1) is 6.61 Å². The second-order valence-electron chi connectivity index (χ2n) is 3.73. The predicted molar refractivity (Wildman–Crippen MR) is 63.3 cm³/mol. The summed E-state index contributed by atoms with van der Waals surface area (Å²) in [6.45, 7) is 4.04. The first-order valence-corrected chi connectivity index (χ1v) is 5.45. The number of rotatable bonds is 5. The maximum Gasteiger partial charge on any atom is 0.270 e. The van der Waals surface area contributed by atoms with Gasteiger partial charge >= 0.3 is 0 Å². The molecule has 1 aliphatic heterocycles. The number of aliphatic hydroxyl groups excluding tert-OH is 1. The molecule has 1 rings (SSSR count). The van der Waals surface area contributed by atoms with Crippen molar-refractivity contribution in [3.05, 3.63) is 12.7 Å². The van der Waals surface area contributed by atoms with E-state index in [2.05, 4.69) is 11.7 Å².